The number of carbonyl (C=O) groups is 1. The van der Waals surface area contributed by atoms with Crippen LogP contribution in [-0.2, 0) is 24.3 Å². The minimum Gasteiger partial charge on any atom is -0.468 e. The predicted octanol–water partition coefficient (Wildman–Crippen LogP) is -0.624. The van der Waals surface area contributed by atoms with Crippen molar-refractivity contribution in [1.29, 1.82) is 0 Å². The van der Waals surface area contributed by atoms with Crippen LogP contribution in [0.4, 0.5) is 0 Å². The van der Waals surface area contributed by atoms with E-state index in [2.05, 4.69) is 11.3 Å². The Hall–Kier alpha value is -0.920. The van der Waals surface area contributed by atoms with Crippen molar-refractivity contribution in [3.8, 4) is 0 Å². The Morgan fingerprint density at radius 3 is 2.94 bits per heavy atom. The number of nitrogens with zero attached hydrogens (tertiary/aromatic N) is 1. The number of rotatable bonds is 4. The van der Waals surface area contributed by atoms with E-state index < -0.39 is 22.0 Å². The molecule has 92 valence electrons. The maximum Gasteiger partial charge on any atom is 0.326 e. The number of ether oxygens (including phenoxy) is 2. The van der Waals surface area contributed by atoms with E-state index in [0.29, 0.717) is 0 Å². The molecular weight excluding hydrogens is 234 g/mol. The molecule has 1 fully saturated rings. The zero-order valence-corrected chi connectivity index (χ0v) is 9.90. The second kappa shape index (κ2) is 5.42. The summed E-state index contributed by atoms with van der Waals surface area (Å²) < 4.78 is 34.3. The van der Waals surface area contributed by atoms with Crippen LogP contribution in [0.3, 0.4) is 0 Å². The lowest BCUT2D eigenvalue weighted by molar-refractivity contribution is -0.149. The number of esters is 1. The number of hydrogen-bond donors (Lipinski definition) is 0. The summed E-state index contributed by atoms with van der Waals surface area (Å²) in [7, 11) is -2.29. The molecule has 16 heavy (non-hydrogen) atoms. The molecule has 1 aliphatic heterocycles. The summed E-state index contributed by atoms with van der Waals surface area (Å²) in [6.45, 7) is 3.85. The quantitative estimate of drug-likeness (QED) is 0.490. The molecule has 1 rings (SSSR count). The van der Waals surface area contributed by atoms with Crippen molar-refractivity contribution < 1.29 is 22.7 Å². The molecule has 0 aromatic rings. The average Bonchev–Trinajstić information content (AvgIpc) is 2.28. The van der Waals surface area contributed by atoms with E-state index in [1.807, 2.05) is 0 Å². The molecule has 0 amide bonds. The highest BCUT2D eigenvalue weighted by atomic mass is 32.2. The molecule has 1 saturated heterocycles. The van der Waals surface area contributed by atoms with Gasteiger partial charge in [-0.15, -0.1) is 6.58 Å². The average molecular weight is 249 g/mol. The van der Waals surface area contributed by atoms with E-state index in [1.165, 1.54) is 13.2 Å². The van der Waals surface area contributed by atoms with E-state index in [-0.39, 0.29) is 25.5 Å². The molecule has 0 saturated carbocycles. The van der Waals surface area contributed by atoms with Crippen LogP contribution in [0.2, 0.25) is 0 Å². The standard InChI is InChI=1S/C9H15NO5S/c1-3-6-16(12,13)10-4-5-15-7-8(10)9(11)14-2/h3,8H,1,4-7H2,2H3. The number of hydrogen-bond acceptors (Lipinski definition) is 5. The summed E-state index contributed by atoms with van der Waals surface area (Å²) in [5.74, 6) is -0.798. The molecule has 0 aromatic heterocycles. The Morgan fingerprint density at radius 2 is 2.38 bits per heavy atom. The van der Waals surface area contributed by atoms with E-state index in [9.17, 15) is 13.2 Å². The Kier molecular flexibility index (Phi) is 4.45. The molecule has 0 aromatic carbocycles. The largest absolute Gasteiger partial charge is 0.468 e. The number of morpholine rings is 1. The van der Waals surface area contributed by atoms with E-state index in [1.54, 1.807) is 0 Å². The Balaban J connectivity index is 2.90. The summed E-state index contributed by atoms with van der Waals surface area (Å²) in [5.41, 5.74) is 0. The highest BCUT2D eigenvalue weighted by Crippen LogP contribution is 2.14. The minimum absolute atomic E-state index is 0.0308. The van der Waals surface area contributed by atoms with Gasteiger partial charge >= 0.3 is 5.97 Å². The van der Waals surface area contributed by atoms with Crippen molar-refractivity contribution >= 4 is 16.0 Å². The van der Waals surface area contributed by atoms with Crippen LogP contribution in [-0.4, -0.2) is 57.4 Å². The van der Waals surface area contributed by atoms with Crippen molar-refractivity contribution in [2.24, 2.45) is 0 Å². The molecule has 1 atom stereocenters. The maximum atomic E-state index is 11.8. The van der Waals surface area contributed by atoms with Crippen molar-refractivity contribution in [2.75, 3.05) is 32.6 Å². The van der Waals surface area contributed by atoms with Crippen LogP contribution < -0.4 is 0 Å². The maximum absolute atomic E-state index is 11.8. The first-order valence-electron chi connectivity index (χ1n) is 4.79. The summed E-state index contributed by atoms with van der Waals surface area (Å²) in [4.78, 5) is 11.4. The smallest absolute Gasteiger partial charge is 0.326 e. The Labute approximate surface area is 94.9 Å². The van der Waals surface area contributed by atoms with Crippen LogP contribution in [0.1, 0.15) is 0 Å². The van der Waals surface area contributed by atoms with Crippen molar-refractivity contribution in [2.45, 2.75) is 6.04 Å². The van der Waals surface area contributed by atoms with Gasteiger partial charge in [0.2, 0.25) is 10.0 Å². The number of methoxy groups -OCH3 is 1. The zero-order chi connectivity index (χ0) is 12.2. The van der Waals surface area contributed by atoms with Crippen LogP contribution >= 0.6 is 0 Å². The molecule has 0 bridgehead atoms. The summed E-state index contributed by atoms with van der Waals surface area (Å²) >= 11 is 0. The highest BCUT2D eigenvalue weighted by Gasteiger charge is 2.37. The minimum atomic E-state index is -3.50. The number of carbonyl (C=O) groups excluding carboxylic acids is 1. The monoisotopic (exact) mass is 249 g/mol. The fraction of sp³-hybridized carbons (Fsp3) is 0.667. The predicted molar refractivity (Wildman–Crippen MR) is 57.3 cm³/mol. The van der Waals surface area contributed by atoms with Gasteiger partial charge in [0.25, 0.3) is 0 Å². The van der Waals surface area contributed by atoms with Crippen LogP contribution in [0.25, 0.3) is 0 Å². The molecule has 1 unspecified atom stereocenters. The molecule has 1 heterocycles. The van der Waals surface area contributed by atoms with Crippen molar-refractivity contribution in [3.63, 3.8) is 0 Å². The van der Waals surface area contributed by atoms with Crippen LogP contribution in [0.5, 0.6) is 0 Å². The van der Waals surface area contributed by atoms with Crippen LogP contribution in [0, 0.1) is 0 Å². The third kappa shape index (κ3) is 2.81. The molecular formula is C9H15NO5S. The summed E-state index contributed by atoms with van der Waals surface area (Å²) in [5, 5.41) is 0. The highest BCUT2D eigenvalue weighted by molar-refractivity contribution is 7.89. The van der Waals surface area contributed by atoms with Crippen LogP contribution in [0.15, 0.2) is 12.7 Å². The van der Waals surface area contributed by atoms with Crippen molar-refractivity contribution in [1.82, 2.24) is 4.31 Å². The third-order valence-corrected chi connectivity index (χ3v) is 4.05. The van der Waals surface area contributed by atoms with E-state index in [0.717, 1.165) is 4.31 Å². The third-order valence-electron chi connectivity index (χ3n) is 2.24. The Bertz CT molecular complexity index is 364. The van der Waals surface area contributed by atoms with Crippen molar-refractivity contribution in [3.05, 3.63) is 12.7 Å². The van der Waals surface area contributed by atoms with Gasteiger partial charge in [0.1, 0.15) is 6.04 Å². The van der Waals surface area contributed by atoms with E-state index in [4.69, 9.17) is 4.74 Å². The summed E-state index contributed by atoms with van der Waals surface area (Å²) in [6, 6.07) is -0.885. The molecule has 0 spiro atoms. The van der Waals surface area contributed by atoms with Gasteiger partial charge in [0, 0.05) is 6.54 Å². The molecule has 1 aliphatic rings. The lowest BCUT2D eigenvalue weighted by Crippen LogP contribution is -2.53. The van der Waals surface area contributed by atoms with E-state index >= 15 is 0 Å². The number of sulfonamides is 1. The molecule has 6 nitrogen and oxygen atoms in total. The molecule has 7 heteroatoms. The first-order chi connectivity index (χ1) is 7.53. The lowest BCUT2D eigenvalue weighted by atomic mass is 10.3. The first-order valence-corrected chi connectivity index (χ1v) is 6.40. The Morgan fingerprint density at radius 1 is 1.69 bits per heavy atom. The SMILES string of the molecule is C=CCS(=O)(=O)N1CCOCC1C(=O)OC. The summed E-state index contributed by atoms with van der Waals surface area (Å²) in [6.07, 6.45) is 1.29. The first kappa shape index (κ1) is 13.1. The molecule has 0 aliphatic carbocycles. The van der Waals surface area contributed by atoms with Gasteiger partial charge in [-0.05, 0) is 0 Å². The van der Waals surface area contributed by atoms with Gasteiger partial charge in [-0.2, -0.15) is 4.31 Å². The second-order valence-corrected chi connectivity index (χ2v) is 5.26. The fourth-order valence-electron chi connectivity index (χ4n) is 1.49. The van der Waals surface area contributed by atoms with Gasteiger partial charge in [0.15, 0.2) is 0 Å². The van der Waals surface area contributed by atoms with Gasteiger partial charge < -0.3 is 9.47 Å². The molecule has 0 N–H and O–H groups in total. The van der Waals surface area contributed by atoms with Gasteiger partial charge in [-0.25, -0.2) is 8.42 Å². The normalized spacial score (nSPS) is 22.7. The van der Waals surface area contributed by atoms with Gasteiger partial charge in [-0.3, -0.25) is 4.79 Å². The zero-order valence-electron chi connectivity index (χ0n) is 9.09. The molecule has 0 radical (unpaired) electrons. The van der Waals surface area contributed by atoms with Gasteiger partial charge in [0.05, 0.1) is 26.1 Å². The topological polar surface area (TPSA) is 72.9 Å². The lowest BCUT2D eigenvalue weighted by Gasteiger charge is -2.32. The fourth-order valence-corrected chi connectivity index (χ4v) is 2.86. The second-order valence-electron chi connectivity index (χ2n) is 3.29. The van der Waals surface area contributed by atoms with Gasteiger partial charge in [-0.1, -0.05) is 6.08 Å².